The van der Waals surface area contributed by atoms with E-state index < -0.39 is 0 Å². The number of nitrogens with zero attached hydrogens (tertiary/aromatic N) is 1. The third-order valence-corrected chi connectivity index (χ3v) is 2.46. The highest BCUT2D eigenvalue weighted by molar-refractivity contribution is 5.72. The first-order chi connectivity index (χ1) is 5.72. The molecule has 1 amide bonds. The van der Waals surface area contributed by atoms with Crippen molar-refractivity contribution < 1.29 is 4.79 Å². The molecule has 1 aliphatic heterocycles. The van der Waals surface area contributed by atoms with Crippen molar-refractivity contribution in [3.8, 4) is 0 Å². The van der Waals surface area contributed by atoms with Gasteiger partial charge in [0, 0.05) is 20.0 Å². The summed E-state index contributed by atoms with van der Waals surface area (Å²) in [7, 11) is 0. The fourth-order valence-corrected chi connectivity index (χ4v) is 1.65. The second kappa shape index (κ2) is 4.45. The van der Waals surface area contributed by atoms with Gasteiger partial charge in [0.05, 0.1) is 0 Å². The molecular formula is C9H18N2O. The average molecular weight is 170 g/mol. The Morgan fingerprint density at radius 2 is 2.42 bits per heavy atom. The minimum Gasteiger partial charge on any atom is -0.356 e. The maximum absolute atomic E-state index is 10.6. The second-order valence-corrected chi connectivity index (χ2v) is 3.49. The largest absolute Gasteiger partial charge is 0.356 e. The van der Waals surface area contributed by atoms with Gasteiger partial charge in [-0.1, -0.05) is 6.92 Å². The van der Waals surface area contributed by atoms with Crippen LogP contribution in [0.5, 0.6) is 0 Å². The van der Waals surface area contributed by atoms with Crippen LogP contribution in [0.4, 0.5) is 0 Å². The molecule has 0 saturated carbocycles. The summed E-state index contributed by atoms with van der Waals surface area (Å²) in [4.78, 5) is 13.0. The van der Waals surface area contributed by atoms with Crippen molar-refractivity contribution in [3.63, 3.8) is 0 Å². The lowest BCUT2D eigenvalue weighted by Gasteiger charge is -2.12. The highest BCUT2D eigenvalue weighted by Crippen LogP contribution is 2.14. The molecule has 0 aromatic heterocycles. The molecule has 1 saturated heterocycles. The van der Waals surface area contributed by atoms with Gasteiger partial charge >= 0.3 is 0 Å². The molecule has 0 bridgehead atoms. The van der Waals surface area contributed by atoms with Crippen LogP contribution in [0.2, 0.25) is 0 Å². The Labute approximate surface area is 74.1 Å². The normalized spacial score (nSPS) is 24.3. The summed E-state index contributed by atoms with van der Waals surface area (Å²) in [6, 6.07) is 0. The molecule has 0 aromatic rings. The molecule has 1 N–H and O–H groups in total. The van der Waals surface area contributed by atoms with E-state index in [2.05, 4.69) is 17.1 Å². The summed E-state index contributed by atoms with van der Waals surface area (Å²) in [6.07, 6.45) is 1.23. The van der Waals surface area contributed by atoms with E-state index in [1.807, 2.05) is 0 Å². The zero-order valence-electron chi connectivity index (χ0n) is 7.97. The maximum atomic E-state index is 10.6. The highest BCUT2D eigenvalue weighted by atomic mass is 16.1. The first-order valence-electron chi connectivity index (χ1n) is 4.69. The molecule has 0 aliphatic carbocycles. The van der Waals surface area contributed by atoms with Crippen molar-refractivity contribution in [2.24, 2.45) is 5.92 Å². The summed E-state index contributed by atoms with van der Waals surface area (Å²) in [5.41, 5.74) is 0. The molecule has 1 aliphatic rings. The van der Waals surface area contributed by atoms with Gasteiger partial charge in [0.1, 0.15) is 0 Å². The van der Waals surface area contributed by atoms with E-state index in [0.717, 1.165) is 19.6 Å². The van der Waals surface area contributed by atoms with Gasteiger partial charge in [-0.3, -0.25) is 4.79 Å². The summed E-state index contributed by atoms with van der Waals surface area (Å²) in [5, 5.41) is 2.87. The van der Waals surface area contributed by atoms with Crippen LogP contribution in [0.15, 0.2) is 0 Å². The molecule has 1 rings (SSSR count). The predicted molar refractivity (Wildman–Crippen MR) is 48.9 cm³/mol. The lowest BCUT2D eigenvalue weighted by Crippen LogP contribution is -2.29. The Balaban J connectivity index is 2.15. The SMILES string of the molecule is CCN1CCC(CNC(C)=O)C1. The standard InChI is InChI=1S/C9H18N2O/c1-3-11-5-4-9(7-11)6-10-8(2)12/h9H,3-7H2,1-2H3,(H,10,12). The van der Waals surface area contributed by atoms with Gasteiger partial charge in [-0.15, -0.1) is 0 Å². The van der Waals surface area contributed by atoms with E-state index in [9.17, 15) is 4.79 Å². The molecule has 1 atom stereocenters. The van der Waals surface area contributed by atoms with Crippen LogP contribution < -0.4 is 5.32 Å². The van der Waals surface area contributed by atoms with Gasteiger partial charge in [-0.05, 0) is 25.4 Å². The highest BCUT2D eigenvalue weighted by Gasteiger charge is 2.20. The van der Waals surface area contributed by atoms with E-state index >= 15 is 0 Å². The van der Waals surface area contributed by atoms with Crippen LogP contribution in [-0.4, -0.2) is 37.0 Å². The second-order valence-electron chi connectivity index (χ2n) is 3.49. The fourth-order valence-electron chi connectivity index (χ4n) is 1.65. The molecule has 3 nitrogen and oxygen atoms in total. The van der Waals surface area contributed by atoms with Gasteiger partial charge in [0.2, 0.25) is 5.91 Å². The fraction of sp³-hybridized carbons (Fsp3) is 0.889. The number of hydrogen-bond acceptors (Lipinski definition) is 2. The van der Waals surface area contributed by atoms with Crippen molar-refractivity contribution in [2.45, 2.75) is 20.3 Å². The van der Waals surface area contributed by atoms with Crippen LogP contribution >= 0.6 is 0 Å². The number of nitrogens with one attached hydrogen (secondary N) is 1. The quantitative estimate of drug-likeness (QED) is 0.667. The molecule has 1 heterocycles. The van der Waals surface area contributed by atoms with Crippen LogP contribution in [0, 0.1) is 5.92 Å². The zero-order chi connectivity index (χ0) is 8.97. The van der Waals surface area contributed by atoms with Gasteiger partial charge < -0.3 is 10.2 Å². The van der Waals surface area contributed by atoms with Crippen molar-refractivity contribution in [1.29, 1.82) is 0 Å². The number of likely N-dealkylation sites (tertiary alicyclic amines) is 1. The topological polar surface area (TPSA) is 32.3 Å². The lowest BCUT2D eigenvalue weighted by molar-refractivity contribution is -0.119. The molecule has 1 unspecified atom stereocenters. The molecule has 0 aromatic carbocycles. The predicted octanol–water partition coefficient (Wildman–Crippen LogP) is 0.464. The Kier molecular flexibility index (Phi) is 3.53. The summed E-state index contributed by atoms with van der Waals surface area (Å²) in [6.45, 7) is 8.09. The number of carbonyl (C=O) groups is 1. The Hall–Kier alpha value is -0.570. The minimum atomic E-state index is 0.0879. The van der Waals surface area contributed by atoms with Crippen LogP contribution in [-0.2, 0) is 4.79 Å². The van der Waals surface area contributed by atoms with E-state index in [1.165, 1.54) is 13.0 Å². The first-order valence-corrected chi connectivity index (χ1v) is 4.69. The maximum Gasteiger partial charge on any atom is 0.216 e. The van der Waals surface area contributed by atoms with E-state index in [1.54, 1.807) is 6.92 Å². The number of hydrogen-bond donors (Lipinski definition) is 1. The number of rotatable bonds is 3. The number of amides is 1. The molecular weight excluding hydrogens is 152 g/mol. The summed E-state index contributed by atoms with van der Waals surface area (Å²) < 4.78 is 0. The Bertz CT molecular complexity index is 159. The Morgan fingerprint density at radius 3 is 2.92 bits per heavy atom. The number of carbonyl (C=O) groups excluding carboxylic acids is 1. The van der Waals surface area contributed by atoms with Crippen molar-refractivity contribution in [3.05, 3.63) is 0 Å². The zero-order valence-corrected chi connectivity index (χ0v) is 7.97. The van der Waals surface area contributed by atoms with Crippen LogP contribution in [0.3, 0.4) is 0 Å². The average Bonchev–Trinajstić information content (AvgIpc) is 2.48. The van der Waals surface area contributed by atoms with Crippen LogP contribution in [0.1, 0.15) is 20.3 Å². The molecule has 0 spiro atoms. The molecule has 3 heteroatoms. The monoisotopic (exact) mass is 170 g/mol. The summed E-state index contributed by atoms with van der Waals surface area (Å²) in [5.74, 6) is 0.763. The van der Waals surface area contributed by atoms with Gasteiger partial charge in [0.25, 0.3) is 0 Å². The van der Waals surface area contributed by atoms with Gasteiger partial charge in [-0.25, -0.2) is 0 Å². The van der Waals surface area contributed by atoms with Crippen molar-refractivity contribution in [2.75, 3.05) is 26.2 Å². The van der Waals surface area contributed by atoms with E-state index in [0.29, 0.717) is 5.92 Å². The minimum absolute atomic E-state index is 0.0879. The molecule has 12 heavy (non-hydrogen) atoms. The van der Waals surface area contributed by atoms with Gasteiger partial charge in [-0.2, -0.15) is 0 Å². The van der Waals surface area contributed by atoms with E-state index in [-0.39, 0.29) is 5.91 Å². The van der Waals surface area contributed by atoms with Crippen molar-refractivity contribution in [1.82, 2.24) is 10.2 Å². The molecule has 70 valence electrons. The van der Waals surface area contributed by atoms with Crippen molar-refractivity contribution >= 4 is 5.91 Å². The molecule has 0 radical (unpaired) electrons. The Morgan fingerprint density at radius 1 is 1.67 bits per heavy atom. The van der Waals surface area contributed by atoms with Crippen LogP contribution in [0.25, 0.3) is 0 Å². The van der Waals surface area contributed by atoms with Gasteiger partial charge in [0.15, 0.2) is 0 Å². The molecule has 1 fully saturated rings. The first kappa shape index (κ1) is 9.52. The third kappa shape index (κ3) is 2.81. The summed E-state index contributed by atoms with van der Waals surface area (Å²) >= 11 is 0. The smallest absolute Gasteiger partial charge is 0.216 e. The van der Waals surface area contributed by atoms with E-state index in [4.69, 9.17) is 0 Å². The lowest BCUT2D eigenvalue weighted by atomic mass is 10.1. The third-order valence-electron chi connectivity index (χ3n) is 2.46.